The first-order valence-corrected chi connectivity index (χ1v) is 6.98. The molecular formula is C14H22O2S. The van der Waals surface area contributed by atoms with E-state index in [2.05, 4.69) is 38.1 Å². The molecule has 0 radical (unpaired) electrons. The number of methoxy groups -OCH3 is 1. The van der Waals surface area contributed by atoms with Crippen LogP contribution in [0, 0.1) is 12.8 Å². The van der Waals surface area contributed by atoms with E-state index in [1.807, 2.05) is 0 Å². The topological polar surface area (TPSA) is 29.5 Å². The van der Waals surface area contributed by atoms with Crippen molar-refractivity contribution in [3.05, 3.63) is 29.8 Å². The highest BCUT2D eigenvalue weighted by molar-refractivity contribution is 7.99. The molecule has 1 aromatic rings. The van der Waals surface area contributed by atoms with E-state index in [0.29, 0.717) is 6.61 Å². The molecule has 1 rings (SSSR count). The van der Waals surface area contributed by atoms with Crippen LogP contribution in [0.2, 0.25) is 0 Å². The van der Waals surface area contributed by atoms with Gasteiger partial charge in [-0.25, -0.2) is 0 Å². The van der Waals surface area contributed by atoms with Gasteiger partial charge in [-0.1, -0.05) is 24.6 Å². The van der Waals surface area contributed by atoms with Crippen LogP contribution in [0.3, 0.4) is 0 Å². The zero-order valence-electron chi connectivity index (χ0n) is 10.8. The largest absolute Gasteiger partial charge is 0.392 e. The molecule has 0 heterocycles. The lowest BCUT2D eigenvalue weighted by Gasteiger charge is -2.18. The summed E-state index contributed by atoms with van der Waals surface area (Å²) < 4.78 is 5.02. The summed E-state index contributed by atoms with van der Waals surface area (Å²) in [4.78, 5) is 1.22. The van der Waals surface area contributed by atoms with Gasteiger partial charge in [0.2, 0.25) is 0 Å². The molecule has 2 unspecified atom stereocenters. The van der Waals surface area contributed by atoms with E-state index in [0.717, 1.165) is 12.2 Å². The van der Waals surface area contributed by atoms with E-state index < -0.39 is 0 Å². The Labute approximate surface area is 108 Å². The minimum Gasteiger partial charge on any atom is -0.392 e. The molecule has 96 valence electrons. The third-order valence-electron chi connectivity index (χ3n) is 2.88. The van der Waals surface area contributed by atoms with Crippen LogP contribution in [0.1, 0.15) is 18.9 Å². The maximum atomic E-state index is 9.98. The van der Waals surface area contributed by atoms with Gasteiger partial charge < -0.3 is 9.84 Å². The SMILES string of the molecule is COCCC(C)C(O)CSc1ccc(C)cc1. The van der Waals surface area contributed by atoms with Crippen LogP contribution in [0.5, 0.6) is 0 Å². The normalized spacial score (nSPS) is 14.6. The van der Waals surface area contributed by atoms with Gasteiger partial charge >= 0.3 is 0 Å². The third-order valence-corrected chi connectivity index (χ3v) is 3.99. The standard InChI is InChI=1S/C14H22O2S/c1-11-4-6-13(7-5-11)17-10-14(15)12(2)8-9-16-3/h4-7,12,14-15H,8-10H2,1-3H3. The molecule has 0 aliphatic rings. The number of aryl methyl sites for hydroxylation is 1. The molecule has 0 saturated carbocycles. The summed E-state index contributed by atoms with van der Waals surface area (Å²) in [6.07, 6.45) is 0.642. The number of aliphatic hydroxyl groups is 1. The minimum atomic E-state index is -0.267. The Kier molecular flexibility index (Phi) is 6.63. The summed E-state index contributed by atoms with van der Waals surface area (Å²) in [7, 11) is 1.69. The number of hydrogen-bond donors (Lipinski definition) is 1. The van der Waals surface area contributed by atoms with Crippen LogP contribution < -0.4 is 0 Å². The van der Waals surface area contributed by atoms with Gasteiger partial charge in [0.05, 0.1) is 6.10 Å². The van der Waals surface area contributed by atoms with Crippen molar-refractivity contribution < 1.29 is 9.84 Å². The molecular weight excluding hydrogens is 232 g/mol. The molecule has 0 spiro atoms. The average Bonchev–Trinajstić information content (AvgIpc) is 2.34. The predicted octanol–water partition coefficient (Wildman–Crippen LogP) is 3.12. The van der Waals surface area contributed by atoms with E-state index in [9.17, 15) is 5.11 Å². The highest BCUT2D eigenvalue weighted by atomic mass is 32.2. The fraction of sp³-hybridized carbons (Fsp3) is 0.571. The first-order chi connectivity index (χ1) is 8.13. The van der Waals surface area contributed by atoms with E-state index in [-0.39, 0.29) is 12.0 Å². The maximum absolute atomic E-state index is 9.98. The fourth-order valence-corrected chi connectivity index (χ4v) is 2.50. The molecule has 0 aromatic heterocycles. The first-order valence-electron chi connectivity index (χ1n) is 6.00. The Morgan fingerprint density at radius 3 is 2.53 bits per heavy atom. The van der Waals surface area contributed by atoms with Crippen molar-refractivity contribution >= 4 is 11.8 Å². The van der Waals surface area contributed by atoms with Crippen molar-refractivity contribution in [1.82, 2.24) is 0 Å². The lowest BCUT2D eigenvalue weighted by atomic mass is 10.0. The number of rotatable bonds is 7. The molecule has 1 N–H and O–H groups in total. The Morgan fingerprint density at radius 1 is 1.29 bits per heavy atom. The van der Waals surface area contributed by atoms with Crippen LogP contribution in [-0.4, -0.2) is 30.7 Å². The third kappa shape index (κ3) is 5.57. The second-order valence-corrected chi connectivity index (χ2v) is 5.54. The van der Waals surface area contributed by atoms with Gasteiger partial charge in [-0.05, 0) is 31.4 Å². The van der Waals surface area contributed by atoms with E-state index in [1.165, 1.54) is 10.5 Å². The molecule has 2 nitrogen and oxygen atoms in total. The van der Waals surface area contributed by atoms with Crippen molar-refractivity contribution in [3.8, 4) is 0 Å². The van der Waals surface area contributed by atoms with Crippen LogP contribution in [0.4, 0.5) is 0 Å². The second kappa shape index (κ2) is 7.75. The van der Waals surface area contributed by atoms with E-state index in [1.54, 1.807) is 18.9 Å². The summed E-state index contributed by atoms with van der Waals surface area (Å²) in [6.45, 7) is 4.86. The first kappa shape index (κ1) is 14.6. The maximum Gasteiger partial charge on any atom is 0.0660 e. The molecule has 0 fully saturated rings. The van der Waals surface area contributed by atoms with Gasteiger partial charge in [-0.2, -0.15) is 0 Å². The van der Waals surface area contributed by atoms with Crippen LogP contribution in [0.25, 0.3) is 0 Å². The molecule has 2 atom stereocenters. The smallest absolute Gasteiger partial charge is 0.0660 e. The van der Waals surface area contributed by atoms with Crippen molar-refractivity contribution in [2.24, 2.45) is 5.92 Å². The molecule has 0 aliphatic carbocycles. The molecule has 0 bridgehead atoms. The quantitative estimate of drug-likeness (QED) is 0.758. The van der Waals surface area contributed by atoms with E-state index in [4.69, 9.17) is 4.74 Å². The van der Waals surface area contributed by atoms with Gasteiger partial charge in [0.1, 0.15) is 0 Å². The molecule has 1 aromatic carbocycles. The lowest BCUT2D eigenvalue weighted by Crippen LogP contribution is -2.21. The molecule has 0 aliphatic heterocycles. The highest BCUT2D eigenvalue weighted by Gasteiger charge is 2.14. The van der Waals surface area contributed by atoms with Gasteiger partial charge in [0, 0.05) is 24.4 Å². The van der Waals surface area contributed by atoms with E-state index >= 15 is 0 Å². The molecule has 17 heavy (non-hydrogen) atoms. The summed E-state index contributed by atoms with van der Waals surface area (Å²) in [6, 6.07) is 8.41. The van der Waals surface area contributed by atoms with Gasteiger partial charge in [-0.15, -0.1) is 11.8 Å². The van der Waals surface area contributed by atoms with Crippen molar-refractivity contribution in [2.45, 2.75) is 31.3 Å². The number of ether oxygens (including phenoxy) is 1. The minimum absolute atomic E-state index is 0.267. The predicted molar refractivity (Wildman–Crippen MR) is 73.6 cm³/mol. The Morgan fingerprint density at radius 2 is 1.94 bits per heavy atom. The second-order valence-electron chi connectivity index (χ2n) is 4.45. The summed E-state index contributed by atoms with van der Waals surface area (Å²) >= 11 is 1.71. The summed E-state index contributed by atoms with van der Waals surface area (Å²) in [5.41, 5.74) is 1.27. The van der Waals surface area contributed by atoms with Crippen LogP contribution >= 0.6 is 11.8 Å². The van der Waals surface area contributed by atoms with Gasteiger partial charge in [-0.3, -0.25) is 0 Å². The molecule has 0 saturated heterocycles. The summed E-state index contributed by atoms with van der Waals surface area (Å²) in [5, 5.41) is 9.98. The van der Waals surface area contributed by atoms with Crippen molar-refractivity contribution in [3.63, 3.8) is 0 Å². The lowest BCUT2D eigenvalue weighted by molar-refractivity contribution is 0.105. The highest BCUT2D eigenvalue weighted by Crippen LogP contribution is 2.22. The Bertz CT molecular complexity index is 311. The summed E-state index contributed by atoms with van der Waals surface area (Å²) in [5.74, 6) is 1.03. The van der Waals surface area contributed by atoms with Crippen molar-refractivity contribution in [1.29, 1.82) is 0 Å². The number of aliphatic hydroxyl groups excluding tert-OH is 1. The van der Waals surface area contributed by atoms with Crippen molar-refractivity contribution in [2.75, 3.05) is 19.5 Å². The zero-order valence-corrected chi connectivity index (χ0v) is 11.7. The average molecular weight is 254 g/mol. The zero-order chi connectivity index (χ0) is 12.7. The number of hydrogen-bond acceptors (Lipinski definition) is 3. The Balaban J connectivity index is 2.32. The molecule has 0 amide bonds. The molecule has 3 heteroatoms. The monoisotopic (exact) mass is 254 g/mol. The van der Waals surface area contributed by atoms with Crippen LogP contribution in [-0.2, 0) is 4.74 Å². The Hall–Kier alpha value is -0.510. The fourth-order valence-electron chi connectivity index (χ4n) is 1.48. The van der Waals surface area contributed by atoms with Gasteiger partial charge in [0.25, 0.3) is 0 Å². The van der Waals surface area contributed by atoms with Crippen LogP contribution in [0.15, 0.2) is 29.2 Å². The number of benzene rings is 1. The number of thioether (sulfide) groups is 1. The van der Waals surface area contributed by atoms with Gasteiger partial charge in [0.15, 0.2) is 0 Å².